The summed E-state index contributed by atoms with van der Waals surface area (Å²) in [6.07, 6.45) is 2.47. The molecule has 1 aliphatic carbocycles. The number of carbonyl (C=O) groups is 2. The number of benzene rings is 3. The number of carboxylic acids is 1. The zero-order valence-electron chi connectivity index (χ0n) is 21.8. The molecule has 6 rings (SSSR count). The van der Waals surface area contributed by atoms with Crippen LogP contribution in [0.5, 0.6) is 0 Å². The van der Waals surface area contributed by atoms with E-state index in [0.717, 1.165) is 45.5 Å². The van der Waals surface area contributed by atoms with E-state index in [1.807, 2.05) is 73.7 Å². The van der Waals surface area contributed by atoms with Crippen LogP contribution < -0.4 is 0 Å². The van der Waals surface area contributed by atoms with E-state index < -0.39 is 11.4 Å². The lowest BCUT2D eigenvalue weighted by Gasteiger charge is -2.21. The van der Waals surface area contributed by atoms with Crippen molar-refractivity contribution < 1.29 is 24.0 Å². The van der Waals surface area contributed by atoms with Crippen LogP contribution in [-0.2, 0) is 34.3 Å². The van der Waals surface area contributed by atoms with Crippen molar-refractivity contribution in [2.75, 3.05) is 6.61 Å². The average Bonchev–Trinajstić information content (AvgIpc) is 3.59. The summed E-state index contributed by atoms with van der Waals surface area (Å²) in [4.78, 5) is 26.1. The summed E-state index contributed by atoms with van der Waals surface area (Å²) in [5.41, 5.74) is 5.96. The first-order chi connectivity index (χ1) is 19.0. The van der Waals surface area contributed by atoms with Crippen molar-refractivity contribution in [3.8, 4) is 22.5 Å². The molecule has 1 unspecified atom stereocenters. The molecule has 198 valence electrons. The fourth-order valence-electron chi connectivity index (χ4n) is 5.47. The minimum Gasteiger partial charge on any atom is -0.481 e. The highest BCUT2D eigenvalue weighted by molar-refractivity contribution is 5.85. The largest absolute Gasteiger partial charge is 0.481 e. The normalized spacial score (nSPS) is 17.7. The van der Waals surface area contributed by atoms with Gasteiger partial charge in [0, 0.05) is 11.1 Å². The van der Waals surface area contributed by atoms with E-state index in [-0.39, 0.29) is 12.1 Å². The van der Waals surface area contributed by atoms with Gasteiger partial charge in [0.2, 0.25) is 0 Å². The maximum atomic E-state index is 12.7. The molecular weight excluding hydrogens is 492 g/mol. The van der Waals surface area contributed by atoms with Gasteiger partial charge in [-0.1, -0.05) is 90.9 Å². The molecule has 1 aliphatic heterocycles. The molecule has 1 N–H and O–H groups in total. The highest BCUT2D eigenvalue weighted by Crippen LogP contribution is 2.48. The highest BCUT2D eigenvalue weighted by Gasteiger charge is 2.51. The number of carbonyl (C=O) groups excluding carboxylic acids is 1. The van der Waals surface area contributed by atoms with Crippen molar-refractivity contribution in [3.05, 3.63) is 101 Å². The summed E-state index contributed by atoms with van der Waals surface area (Å²) < 4.78 is 11.2. The summed E-state index contributed by atoms with van der Waals surface area (Å²) >= 11 is 0. The molecule has 0 spiro atoms. The zero-order valence-corrected chi connectivity index (χ0v) is 21.8. The Morgan fingerprint density at radius 3 is 2.23 bits per heavy atom. The molecule has 4 aromatic rings. The Hall–Kier alpha value is -4.39. The van der Waals surface area contributed by atoms with Gasteiger partial charge < -0.3 is 14.4 Å². The molecule has 1 saturated heterocycles. The number of nitrogens with zero attached hydrogens (tertiary/aromatic N) is 2. The van der Waals surface area contributed by atoms with Gasteiger partial charge in [0.1, 0.15) is 6.61 Å². The fourth-order valence-corrected chi connectivity index (χ4v) is 5.47. The third-order valence-electron chi connectivity index (χ3n) is 8.00. The summed E-state index contributed by atoms with van der Waals surface area (Å²) in [6.45, 7) is 2.75. The summed E-state index contributed by atoms with van der Waals surface area (Å²) in [5.74, 6) is -0.0912. The quantitative estimate of drug-likeness (QED) is 0.279. The van der Waals surface area contributed by atoms with E-state index in [1.165, 1.54) is 0 Å². The Morgan fingerprint density at radius 2 is 1.62 bits per heavy atom. The summed E-state index contributed by atoms with van der Waals surface area (Å²) in [7, 11) is 0. The molecule has 2 aliphatic rings. The SMILES string of the molecule is CCc1noc(-c2ccc(-c3ccc(C4(C(=O)O)CC4)cc3)cc2)c1CN1C(=O)OCC1Cc1ccccc1. The van der Waals surface area contributed by atoms with Gasteiger partial charge in [0.25, 0.3) is 0 Å². The topological polar surface area (TPSA) is 92.9 Å². The molecule has 0 bridgehead atoms. The summed E-state index contributed by atoms with van der Waals surface area (Å²) in [6, 6.07) is 25.9. The maximum absolute atomic E-state index is 12.7. The lowest BCUT2D eigenvalue weighted by atomic mass is 9.93. The van der Waals surface area contributed by atoms with Crippen molar-refractivity contribution in [1.82, 2.24) is 10.1 Å². The van der Waals surface area contributed by atoms with E-state index in [0.29, 0.717) is 38.2 Å². The number of carboxylic acid groups (broad SMARTS) is 1. The highest BCUT2D eigenvalue weighted by atomic mass is 16.6. The fraction of sp³-hybridized carbons (Fsp3) is 0.281. The predicted octanol–water partition coefficient (Wildman–Crippen LogP) is 6.25. The van der Waals surface area contributed by atoms with Crippen molar-refractivity contribution in [3.63, 3.8) is 0 Å². The van der Waals surface area contributed by atoms with Gasteiger partial charge in [-0.05, 0) is 47.9 Å². The third-order valence-corrected chi connectivity index (χ3v) is 8.00. The number of aromatic nitrogens is 1. The van der Waals surface area contributed by atoms with Gasteiger partial charge in [-0.2, -0.15) is 0 Å². The zero-order chi connectivity index (χ0) is 27.0. The predicted molar refractivity (Wildman–Crippen MR) is 146 cm³/mol. The molecule has 3 aromatic carbocycles. The number of ether oxygens (including phenoxy) is 1. The molecule has 1 saturated carbocycles. The van der Waals surface area contributed by atoms with Gasteiger partial charge in [-0.25, -0.2) is 4.79 Å². The van der Waals surface area contributed by atoms with Crippen LogP contribution in [0, 0.1) is 0 Å². The minimum absolute atomic E-state index is 0.0615. The van der Waals surface area contributed by atoms with Crippen LogP contribution in [0.1, 0.15) is 42.1 Å². The first-order valence-corrected chi connectivity index (χ1v) is 13.4. The molecule has 0 radical (unpaired) electrons. The van der Waals surface area contributed by atoms with Crippen LogP contribution in [0.4, 0.5) is 4.79 Å². The van der Waals surface area contributed by atoms with E-state index in [4.69, 9.17) is 9.26 Å². The lowest BCUT2D eigenvalue weighted by Crippen LogP contribution is -2.34. The molecule has 39 heavy (non-hydrogen) atoms. The number of aliphatic carboxylic acids is 1. The van der Waals surface area contributed by atoms with Gasteiger partial charge in [-0.3, -0.25) is 9.69 Å². The number of amides is 1. The van der Waals surface area contributed by atoms with Crippen LogP contribution in [0.15, 0.2) is 83.4 Å². The molecule has 7 heteroatoms. The van der Waals surface area contributed by atoms with Crippen LogP contribution in [0.2, 0.25) is 0 Å². The first-order valence-electron chi connectivity index (χ1n) is 13.4. The lowest BCUT2D eigenvalue weighted by molar-refractivity contribution is -0.140. The van der Waals surface area contributed by atoms with E-state index in [9.17, 15) is 14.7 Å². The third kappa shape index (κ3) is 4.69. The molecule has 1 aromatic heterocycles. The minimum atomic E-state index is -0.748. The second kappa shape index (κ2) is 10.1. The second-order valence-electron chi connectivity index (χ2n) is 10.4. The number of aryl methyl sites for hydroxylation is 1. The van der Waals surface area contributed by atoms with Crippen molar-refractivity contribution in [1.29, 1.82) is 0 Å². The number of rotatable bonds is 9. The van der Waals surface area contributed by atoms with Crippen molar-refractivity contribution in [2.45, 2.75) is 50.6 Å². The number of hydrogen-bond donors (Lipinski definition) is 1. The van der Waals surface area contributed by atoms with Crippen molar-refractivity contribution >= 4 is 12.1 Å². The Balaban J connectivity index is 1.23. The van der Waals surface area contributed by atoms with Crippen LogP contribution in [0.25, 0.3) is 22.5 Å². The smallest absolute Gasteiger partial charge is 0.410 e. The van der Waals surface area contributed by atoms with Crippen LogP contribution in [0.3, 0.4) is 0 Å². The maximum Gasteiger partial charge on any atom is 0.410 e. The van der Waals surface area contributed by atoms with E-state index in [2.05, 4.69) is 17.3 Å². The monoisotopic (exact) mass is 522 g/mol. The number of cyclic esters (lactones) is 1. The van der Waals surface area contributed by atoms with Gasteiger partial charge in [0.05, 0.1) is 23.7 Å². The Labute approximate surface area is 227 Å². The molecular formula is C32H30N2O5. The summed E-state index contributed by atoms with van der Waals surface area (Å²) in [5, 5.41) is 13.9. The van der Waals surface area contributed by atoms with Crippen LogP contribution in [-0.4, -0.2) is 39.9 Å². The van der Waals surface area contributed by atoms with E-state index in [1.54, 1.807) is 4.90 Å². The molecule has 2 heterocycles. The van der Waals surface area contributed by atoms with Gasteiger partial charge in [0.15, 0.2) is 5.76 Å². The Kier molecular flexibility index (Phi) is 6.43. The van der Waals surface area contributed by atoms with E-state index >= 15 is 0 Å². The first kappa shape index (κ1) is 24.9. The van der Waals surface area contributed by atoms with Gasteiger partial charge >= 0.3 is 12.1 Å². The van der Waals surface area contributed by atoms with Crippen LogP contribution >= 0.6 is 0 Å². The average molecular weight is 523 g/mol. The van der Waals surface area contributed by atoms with Crippen molar-refractivity contribution in [2.24, 2.45) is 0 Å². The molecule has 2 fully saturated rings. The molecule has 7 nitrogen and oxygen atoms in total. The van der Waals surface area contributed by atoms with Gasteiger partial charge in [-0.15, -0.1) is 0 Å². The Morgan fingerprint density at radius 1 is 0.974 bits per heavy atom. The molecule has 1 atom stereocenters. The number of hydrogen-bond acceptors (Lipinski definition) is 5. The molecule has 1 amide bonds. The standard InChI is InChI=1S/C32H30N2O5/c1-2-28-27(19-34-26(20-38-31(34)37)18-21-6-4-3-5-7-21)29(39-33-28)24-10-8-22(9-11-24)23-12-14-25(15-13-23)32(16-17-32)30(35)36/h3-15,26H,2,16-20H2,1H3,(H,35,36). The Bertz CT molecular complexity index is 1490. The second-order valence-corrected chi connectivity index (χ2v) is 10.4.